The first-order chi connectivity index (χ1) is 11.2. The molecular weight excluding hydrogens is 288 g/mol. The highest BCUT2D eigenvalue weighted by molar-refractivity contribution is 5.87. The van der Waals surface area contributed by atoms with Crippen LogP contribution in [0.25, 0.3) is 0 Å². The highest BCUT2D eigenvalue weighted by Gasteiger charge is 2.17. The number of likely N-dealkylation sites (tertiary alicyclic amines) is 1. The standard InChI is InChI=1S/C19H26N2O2/c1-2-3-4-9-19(23)20-14-16-7-5-6-8-17(16)15-21-12-10-18(22)11-13-21/h2-9,18,22H,10-15H2,1H3,(H,20,23). The summed E-state index contributed by atoms with van der Waals surface area (Å²) in [6, 6.07) is 8.21. The van der Waals surface area contributed by atoms with Crippen LogP contribution in [0.5, 0.6) is 0 Å². The minimum atomic E-state index is -0.148. The van der Waals surface area contributed by atoms with E-state index in [9.17, 15) is 9.90 Å². The normalized spacial score (nSPS) is 17.1. The van der Waals surface area contributed by atoms with Crippen LogP contribution >= 0.6 is 0 Å². The van der Waals surface area contributed by atoms with Gasteiger partial charge in [-0.1, -0.05) is 42.5 Å². The molecule has 2 N–H and O–H groups in total. The first-order valence-electron chi connectivity index (χ1n) is 8.23. The van der Waals surface area contributed by atoms with Gasteiger partial charge < -0.3 is 10.4 Å². The zero-order valence-electron chi connectivity index (χ0n) is 13.7. The van der Waals surface area contributed by atoms with Gasteiger partial charge in [-0.25, -0.2) is 0 Å². The van der Waals surface area contributed by atoms with E-state index in [0.717, 1.165) is 38.0 Å². The van der Waals surface area contributed by atoms with Gasteiger partial charge in [0.05, 0.1) is 6.10 Å². The number of aliphatic hydroxyl groups excluding tert-OH is 1. The molecule has 0 bridgehead atoms. The van der Waals surface area contributed by atoms with Crippen molar-refractivity contribution in [1.29, 1.82) is 0 Å². The van der Waals surface area contributed by atoms with E-state index >= 15 is 0 Å². The SMILES string of the molecule is CC=CC=CC(=O)NCc1ccccc1CN1CCC(O)CC1. The lowest BCUT2D eigenvalue weighted by molar-refractivity contribution is -0.116. The highest BCUT2D eigenvalue weighted by atomic mass is 16.3. The predicted octanol–water partition coefficient (Wildman–Crippen LogP) is 2.39. The number of benzene rings is 1. The van der Waals surface area contributed by atoms with Crippen LogP contribution in [0.4, 0.5) is 0 Å². The highest BCUT2D eigenvalue weighted by Crippen LogP contribution is 2.16. The van der Waals surface area contributed by atoms with Gasteiger partial charge in [-0.2, -0.15) is 0 Å². The maximum absolute atomic E-state index is 11.8. The number of amides is 1. The number of nitrogens with zero attached hydrogens (tertiary/aromatic N) is 1. The van der Waals surface area contributed by atoms with Gasteiger partial charge in [0.15, 0.2) is 0 Å². The molecule has 0 aliphatic carbocycles. The smallest absolute Gasteiger partial charge is 0.244 e. The van der Waals surface area contributed by atoms with Gasteiger partial charge in [-0.15, -0.1) is 0 Å². The second-order valence-corrected chi connectivity index (χ2v) is 5.88. The Kier molecular flexibility index (Phi) is 7.04. The molecule has 124 valence electrons. The lowest BCUT2D eigenvalue weighted by Gasteiger charge is -2.30. The summed E-state index contributed by atoms with van der Waals surface area (Å²) >= 11 is 0. The van der Waals surface area contributed by atoms with E-state index in [1.807, 2.05) is 31.2 Å². The Hall–Kier alpha value is -1.91. The number of carbonyl (C=O) groups excluding carboxylic acids is 1. The van der Waals surface area contributed by atoms with Gasteiger partial charge in [-0.05, 0) is 30.9 Å². The summed E-state index contributed by atoms with van der Waals surface area (Å²) in [5.74, 6) is -0.0843. The molecule has 1 saturated heterocycles. The maximum atomic E-state index is 11.8. The van der Waals surface area contributed by atoms with Gasteiger partial charge in [0.25, 0.3) is 0 Å². The molecule has 0 atom stereocenters. The first kappa shape index (κ1) is 17.4. The molecule has 23 heavy (non-hydrogen) atoms. The molecule has 1 aliphatic heterocycles. The van der Waals surface area contributed by atoms with Crippen LogP contribution < -0.4 is 5.32 Å². The van der Waals surface area contributed by atoms with Crippen molar-refractivity contribution in [3.8, 4) is 0 Å². The van der Waals surface area contributed by atoms with E-state index in [1.165, 1.54) is 11.6 Å². The molecule has 1 heterocycles. The second kappa shape index (κ2) is 9.28. The number of allylic oxidation sites excluding steroid dienone is 3. The summed E-state index contributed by atoms with van der Waals surface area (Å²) in [5, 5.41) is 12.5. The van der Waals surface area contributed by atoms with E-state index in [2.05, 4.69) is 22.3 Å². The number of aliphatic hydroxyl groups is 1. The van der Waals surface area contributed by atoms with Crippen molar-refractivity contribution in [2.45, 2.75) is 39.0 Å². The van der Waals surface area contributed by atoms with Gasteiger partial charge in [0, 0.05) is 32.3 Å². The summed E-state index contributed by atoms with van der Waals surface area (Å²) in [5.41, 5.74) is 2.38. The number of carbonyl (C=O) groups is 1. The van der Waals surface area contributed by atoms with E-state index < -0.39 is 0 Å². The summed E-state index contributed by atoms with van der Waals surface area (Å²) < 4.78 is 0. The van der Waals surface area contributed by atoms with Crippen LogP contribution in [-0.2, 0) is 17.9 Å². The summed E-state index contributed by atoms with van der Waals surface area (Å²) in [7, 11) is 0. The Morgan fingerprint density at radius 2 is 1.96 bits per heavy atom. The largest absolute Gasteiger partial charge is 0.393 e. The van der Waals surface area contributed by atoms with Crippen molar-refractivity contribution in [1.82, 2.24) is 10.2 Å². The molecule has 1 fully saturated rings. The van der Waals surface area contributed by atoms with Gasteiger partial charge >= 0.3 is 0 Å². The molecule has 0 radical (unpaired) electrons. The van der Waals surface area contributed by atoms with Crippen molar-refractivity contribution in [2.24, 2.45) is 0 Å². The van der Waals surface area contributed by atoms with Crippen LogP contribution in [0.2, 0.25) is 0 Å². The molecule has 0 spiro atoms. The minimum absolute atomic E-state index is 0.0843. The Morgan fingerprint density at radius 1 is 1.26 bits per heavy atom. The fraction of sp³-hybridized carbons (Fsp3) is 0.421. The Balaban J connectivity index is 1.91. The third-order valence-electron chi connectivity index (χ3n) is 4.07. The van der Waals surface area contributed by atoms with Gasteiger partial charge in [0.2, 0.25) is 5.91 Å². The van der Waals surface area contributed by atoms with Crippen molar-refractivity contribution in [3.05, 3.63) is 59.7 Å². The van der Waals surface area contributed by atoms with E-state index in [1.54, 1.807) is 6.08 Å². The van der Waals surface area contributed by atoms with Crippen LogP contribution in [0, 0.1) is 0 Å². The predicted molar refractivity (Wildman–Crippen MR) is 92.8 cm³/mol. The molecule has 0 aromatic heterocycles. The topological polar surface area (TPSA) is 52.6 Å². The molecule has 1 aromatic carbocycles. The van der Waals surface area contributed by atoms with Crippen molar-refractivity contribution >= 4 is 5.91 Å². The van der Waals surface area contributed by atoms with Gasteiger partial charge in [0.1, 0.15) is 0 Å². The van der Waals surface area contributed by atoms with E-state index in [4.69, 9.17) is 0 Å². The lowest BCUT2D eigenvalue weighted by Crippen LogP contribution is -2.35. The third-order valence-corrected chi connectivity index (χ3v) is 4.07. The molecule has 1 amide bonds. The fourth-order valence-electron chi connectivity index (χ4n) is 2.70. The second-order valence-electron chi connectivity index (χ2n) is 5.88. The average molecular weight is 314 g/mol. The number of hydrogen-bond donors (Lipinski definition) is 2. The molecular formula is C19H26N2O2. The van der Waals surface area contributed by atoms with E-state index in [-0.39, 0.29) is 12.0 Å². The van der Waals surface area contributed by atoms with Crippen LogP contribution in [0.15, 0.2) is 48.6 Å². The number of rotatable bonds is 6. The molecule has 4 heteroatoms. The quantitative estimate of drug-likeness (QED) is 0.626. The summed E-state index contributed by atoms with van der Waals surface area (Å²) in [6.07, 6.45) is 8.52. The van der Waals surface area contributed by atoms with Crippen molar-refractivity contribution in [2.75, 3.05) is 13.1 Å². The number of nitrogens with one attached hydrogen (secondary N) is 1. The van der Waals surface area contributed by atoms with Crippen LogP contribution in [0.1, 0.15) is 30.9 Å². The molecule has 1 aromatic rings. The molecule has 1 aliphatic rings. The lowest BCUT2D eigenvalue weighted by atomic mass is 10.0. The average Bonchev–Trinajstić information content (AvgIpc) is 2.56. The van der Waals surface area contributed by atoms with E-state index in [0.29, 0.717) is 6.54 Å². The summed E-state index contributed by atoms with van der Waals surface area (Å²) in [6.45, 7) is 5.17. The zero-order valence-corrected chi connectivity index (χ0v) is 13.7. The minimum Gasteiger partial charge on any atom is -0.393 e. The maximum Gasteiger partial charge on any atom is 0.244 e. The molecule has 2 rings (SSSR count). The molecule has 0 unspecified atom stereocenters. The van der Waals surface area contributed by atoms with Crippen molar-refractivity contribution < 1.29 is 9.90 Å². The Morgan fingerprint density at radius 3 is 2.65 bits per heavy atom. The third kappa shape index (κ3) is 6.00. The Labute approximate surface area is 138 Å². The zero-order chi connectivity index (χ0) is 16.5. The number of hydrogen-bond acceptors (Lipinski definition) is 3. The monoisotopic (exact) mass is 314 g/mol. The molecule has 0 saturated carbocycles. The molecule has 4 nitrogen and oxygen atoms in total. The van der Waals surface area contributed by atoms with Crippen LogP contribution in [-0.4, -0.2) is 35.1 Å². The number of piperidine rings is 1. The Bertz CT molecular complexity index is 558. The fourth-order valence-corrected chi connectivity index (χ4v) is 2.70. The van der Waals surface area contributed by atoms with Crippen LogP contribution in [0.3, 0.4) is 0 Å². The van der Waals surface area contributed by atoms with Crippen molar-refractivity contribution in [3.63, 3.8) is 0 Å². The summed E-state index contributed by atoms with van der Waals surface area (Å²) in [4.78, 5) is 14.1. The van der Waals surface area contributed by atoms with Gasteiger partial charge in [-0.3, -0.25) is 9.69 Å². The first-order valence-corrected chi connectivity index (χ1v) is 8.23.